The molecule has 0 aliphatic carbocycles. The molecule has 1 aromatic carbocycles. The molecule has 0 aliphatic rings. The van der Waals surface area contributed by atoms with Crippen LogP contribution in [-0.2, 0) is 12.6 Å². The third-order valence-corrected chi connectivity index (χ3v) is 3.59. The summed E-state index contributed by atoms with van der Waals surface area (Å²) in [5, 5.41) is 5.89. The van der Waals surface area contributed by atoms with Crippen LogP contribution >= 0.6 is 11.6 Å². The number of carbonyl (C=O) groups excluding carboxylic acids is 1. The van der Waals surface area contributed by atoms with E-state index in [1.54, 1.807) is 24.3 Å². The van der Waals surface area contributed by atoms with Crippen molar-refractivity contribution in [1.29, 1.82) is 0 Å². The summed E-state index contributed by atoms with van der Waals surface area (Å²) in [6.45, 7) is 0.316. The van der Waals surface area contributed by atoms with Gasteiger partial charge in [0.15, 0.2) is 11.6 Å². The molecular formula is C16H12ClF3N4O3. The van der Waals surface area contributed by atoms with Crippen LogP contribution in [0, 0.1) is 0 Å². The Labute approximate surface area is 155 Å². The van der Waals surface area contributed by atoms with Crippen LogP contribution in [0.25, 0.3) is 11.4 Å². The number of benzene rings is 1. The molecule has 1 N–H and O–H groups in total. The number of hydrogen-bond acceptors (Lipinski definition) is 6. The van der Waals surface area contributed by atoms with E-state index >= 15 is 0 Å². The van der Waals surface area contributed by atoms with Crippen molar-refractivity contribution in [2.75, 3.05) is 12.4 Å². The number of alkyl halides is 4. The monoisotopic (exact) mass is 400 g/mol. The van der Waals surface area contributed by atoms with E-state index in [-0.39, 0.29) is 17.4 Å². The van der Waals surface area contributed by atoms with Gasteiger partial charge in [-0.25, -0.2) is 4.98 Å². The second kappa shape index (κ2) is 7.78. The average Bonchev–Trinajstić information content (AvgIpc) is 3.30. The summed E-state index contributed by atoms with van der Waals surface area (Å²) in [4.78, 5) is 19.2. The van der Waals surface area contributed by atoms with Gasteiger partial charge in [0.2, 0.25) is 5.82 Å². The van der Waals surface area contributed by atoms with Gasteiger partial charge < -0.3 is 14.3 Å². The Kier molecular flexibility index (Phi) is 5.45. The van der Waals surface area contributed by atoms with Crippen LogP contribution < -0.4 is 5.32 Å². The van der Waals surface area contributed by atoms with Crippen molar-refractivity contribution < 1.29 is 26.9 Å². The highest BCUT2D eigenvalue weighted by molar-refractivity contribution is 6.18. The molecule has 0 saturated carbocycles. The lowest BCUT2D eigenvalue weighted by Gasteiger charge is -2.00. The summed E-state index contributed by atoms with van der Waals surface area (Å²) >= 11 is 5.50. The normalized spacial score (nSPS) is 11.6. The van der Waals surface area contributed by atoms with Gasteiger partial charge in [-0.15, -0.1) is 11.6 Å². The number of nitrogens with one attached hydrogen (secondary N) is 1. The topological polar surface area (TPSA) is 94.1 Å². The number of oxazole rings is 1. The number of amides is 1. The fourth-order valence-electron chi connectivity index (χ4n) is 2.15. The van der Waals surface area contributed by atoms with E-state index in [0.717, 1.165) is 5.56 Å². The first kappa shape index (κ1) is 18.9. The van der Waals surface area contributed by atoms with Gasteiger partial charge in [0, 0.05) is 24.4 Å². The van der Waals surface area contributed by atoms with Crippen molar-refractivity contribution >= 4 is 17.5 Å². The minimum atomic E-state index is -4.69. The van der Waals surface area contributed by atoms with Crippen molar-refractivity contribution in [1.82, 2.24) is 20.4 Å². The summed E-state index contributed by atoms with van der Waals surface area (Å²) in [6, 6.07) is 6.43. The number of nitrogens with zero attached hydrogens (tertiary/aromatic N) is 3. The second-order valence-corrected chi connectivity index (χ2v) is 5.74. The third kappa shape index (κ3) is 4.64. The molecule has 11 heteroatoms. The van der Waals surface area contributed by atoms with Crippen LogP contribution in [0.15, 0.2) is 39.5 Å². The Morgan fingerprint density at radius 1 is 1.19 bits per heavy atom. The molecule has 3 rings (SSSR count). The highest BCUT2D eigenvalue weighted by Gasteiger charge is 2.38. The Morgan fingerprint density at radius 2 is 1.93 bits per heavy atom. The molecule has 0 fully saturated rings. The average molecular weight is 401 g/mol. The highest BCUT2D eigenvalue weighted by atomic mass is 35.5. The molecule has 0 unspecified atom stereocenters. The van der Waals surface area contributed by atoms with Gasteiger partial charge in [0.1, 0.15) is 6.26 Å². The highest BCUT2D eigenvalue weighted by Crippen LogP contribution is 2.29. The van der Waals surface area contributed by atoms with Gasteiger partial charge in [0.05, 0.1) is 0 Å². The molecule has 2 aromatic heterocycles. The van der Waals surface area contributed by atoms with Crippen LogP contribution in [0.1, 0.15) is 27.8 Å². The van der Waals surface area contributed by atoms with Crippen LogP contribution in [-0.4, -0.2) is 33.5 Å². The lowest BCUT2D eigenvalue weighted by atomic mass is 10.1. The van der Waals surface area contributed by atoms with Crippen molar-refractivity contribution in [3.63, 3.8) is 0 Å². The quantitative estimate of drug-likeness (QED) is 0.638. The Morgan fingerprint density at radius 3 is 2.56 bits per heavy atom. The van der Waals surface area contributed by atoms with E-state index < -0.39 is 18.0 Å². The predicted octanol–water partition coefficient (Wildman–Crippen LogP) is 3.30. The molecule has 0 atom stereocenters. The molecular weight excluding hydrogens is 389 g/mol. The molecule has 3 aromatic rings. The maximum atomic E-state index is 12.5. The summed E-state index contributed by atoms with van der Waals surface area (Å²) in [5.41, 5.74) is 1.28. The third-order valence-electron chi connectivity index (χ3n) is 3.40. The van der Waals surface area contributed by atoms with Gasteiger partial charge in [-0.2, -0.15) is 18.2 Å². The minimum absolute atomic E-state index is 0.137. The first-order valence-electron chi connectivity index (χ1n) is 7.65. The molecule has 0 saturated heterocycles. The molecule has 0 aliphatic heterocycles. The molecule has 142 valence electrons. The van der Waals surface area contributed by atoms with Crippen molar-refractivity contribution in [2.45, 2.75) is 12.6 Å². The van der Waals surface area contributed by atoms with Crippen molar-refractivity contribution in [3.8, 4) is 11.4 Å². The van der Waals surface area contributed by atoms with E-state index in [2.05, 4.69) is 25.0 Å². The maximum absolute atomic E-state index is 12.5. The van der Waals surface area contributed by atoms with Gasteiger partial charge in [0.25, 0.3) is 5.91 Å². The lowest BCUT2D eigenvalue weighted by Crippen LogP contribution is -2.25. The van der Waals surface area contributed by atoms with Gasteiger partial charge in [-0.1, -0.05) is 29.4 Å². The Hall–Kier alpha value is -2.88. The minimum Gasteiger partial charge on any atom is -0.448 e. The standard InChI is InChI=1S/C16H12ClF3N4O3/c17-5-6-21-14(25)11-8-26-12(22-11)7-9-1-3-10(4-2-9)13-23-15(27-24-13)16(18,19)20/h1-4,8H,5-7H2,(H,21,25). The summed E-state index contributed by atoms with van der Waals surface area (Å²) < 4.78 is 47.0. The van der Waals surface area contributed by atoms with Crippen LogP contribution in [0.3, 0.4) is 0 Å². The number of halogens is 4. The summed E-state index contributed by atoms with van der Waals surface area (Å²) in [6.07, 6.45) is -3.15. The Bertz CT molecular complexity index is 922. The van der Waals surface area contributed by atoms with E-state index in [0.29, 0.717) is 24.4 Å². The first-order valence-corrected chi connectivity index (χ1v) is 8.19. The van der Waals surface area contributed by atoms with Crippen LogP contribution in [0.4, 0.5) is 13.2 Å². The second-order valence-electron chi connectivity index (χ2n) is 5.37. The molecule has 0 radical (unpaired) electrons. The molecule has 1 amide bonds. The number of aromatic nitrogens is 3. The smallest absolute Gasteiger partial charge is 0.448 e. The van der Waals surface area contributed by atoms with Gasteiger partial charge in [-0.3, -0.25) is 4.79 Å². The van der Waals surface area contributed by atoms with Crippen LogP contribution in [0.5, 0.6) is 0 Å². The summed E-state index contributed by atoms with van der Waals surface area (Å²) in [7, 11) is 0. The largest absolute Gasteiger partial charge is 0.471 e. The Balaban J connectivity index is 1.67. The molecule has 27 heavy (non-hydrogen) atoms. The SMILES string of the molecule is O=C(NCCCl)c1coc(Cc2ccc(-c3noc(C(F)(F)F)n3)cc2)n1. The van der Waals surface area contributed by atoms with E-state index in [9.17, 15) is 18.0 Å². The molecule has 7 nitrogen and oxygen atoms in total. The predicted molar refractivity (Wildman–Crippen MR) is 87.1 cm³/mol. The lowest BCUT2D eigenvalue weighted by molar-refractivity contribution is -0.159. The number of rotatable bonds is 6. The number of hydrogen-bond donors (Lipinski definition) is 1. The van der Waals surface area contributed by atoms with Crippen molar-refractivity contribution in [3.05, 3.63) is 53.6 Å². The van der Waals surface area contributed by atoms with E-state index in [1.807, 2.05) is 0 Å². The first-order chi connectivity index (χ1) is 12.9. The molecule has 2 heterocycles. The van der Waals surface area contributed by atoms with Gasteiger partial charge >= 0.3 is 12.1 Å². The fourth-order valence-corrected chi connectivity index (χ4v) is 2.24. The summed E-state index contributed by atoms with van der Waals surface area (Å²) in [5.74, 6) is -1.35. The van der Waals surface area contributed by atoms with Crippen molar-refractivity contribution in [2.24, 2.45) is 0 Å². The zero-order chi connectivity index (χ0) is 19.4. The fraction of sp³-hybridized carbons (Fsp3) is 0.250. The van der Waals surface area contributed by atoms with E-state index in [4.69, 9.17) is 16.0 Å². The zero-order valence-electron chi connectivity index (χ0n) is 13.6. The maximum Gasteiger partial charge on any atom is 0.471 e. The zero-order valence-corrected chi connectivity index (χ0v) is 14.3. The van der Waals surface area contributed by atoms with Gasteiger partial charge in [-0.05, 0) is 5.56 Å². The van der Waals surface area contributed by atoms with E-state index in [1.165, 1.54) is 6.26 Å². The molecule has 0 spiro atoms. The van der Waals surface area contributed by atoms with Crippen LogP contribution in [0.2, 0.25) is 0 Å². The number of carbonyl (C=O) groups is 1. The molecule has 0 bridgehead atoms.